The molecular formula is C65H47N. The van der Waals surface area contributed by atoms with Crippen LogP contribution in [0, 0.1) is 0 Å². The highest BCUT2D eigenvalue weighted by molar-refractivity contribution is 6.16. The van der Waals surface area contributed by atoms with Crippen LogP contribution < -0.4 is 4.90 Å². The summed E-state index contributed by atoms with van der Waals surface area (Å²) in [4.78, 5) is 2.51. The van der Waals surface area contributed by atoms with Gasteiger partial charge in [-0.3, -0.25) is 0 Å². The summed E-state index contributed by atoms with van der Waals surface area (Å²) in [6.45, 7) is 4.74. The van der Waals surface area contributed by atoms with Gasteiger partial charge in [0.15, 0.2) is 0 Å². The van der Waals surface area contributed by atoms with E-state index < -0.39 is 0 Å². The van der Waals surface area contributed by atoms with Crippen LogP contribution in [0.5, 0.6) is 0 Å². The van der Waals surface area contributed by atoms with Gasteiger partial charge in [-0.2, -0.15) is 0 Å². The highest BCUT2D eigenvalue weighted by Crippen LogP contribution is 2.53. The Morgan fingerprint density at radius 2 is 0.773 bits per heavy atom. The summed E-state index contributed by atoms with van der Waals surface area (Å²) in [5, 5.41) is 4.95. The number of anilines is 3. The molecule has 0 fully saturated rings. The second-order valence-corrected chi connectivity index (χ2v) is 18.0. The standard InChI is InChI=1S/C65H47N/c1-65(2)61-30-16-15-28-58(61)59-41-40-51(43-62(59)65)66(50-38-36-47(37-39-50)53-24-12-11-23-52(53)46-20-7-4-8-21-46)63-31-17-29-55(48-34-32-45(33-35-48)44-18-5-3-6-19-44)64(63)60-42-49-22-9-10-25-54(49)56-26-13-14-27-57(56)60/h3-43H,1-2H3. The maximum absolute atomic E-state index is 2.51. The van der Waals surface area contributed by atoms with Crippen LogP contribution in [-0.2, 0) is 5.41 Å². The van der Waals surface area contributed by atoms with Crippen molar-refractivity contribution < 1.29 is 0 Å². The Kier molecular flexibility index (Phi) is 9.58. The quantitative estimate of drug-likeness (QED) is 0.138. The van der Waals surface area contributed by atoms with Crippen molar-refractivity contribution in [1.82, 2.24) is 0 Å². The van der Waals surface area contributed by atoms with Crippen LogP contribution in [0.2, 0.25) is 0 Å². The number of benzene rings is 11. The minimum Gasteiger partial charge on any atom is -0.310 e. The van der Waals surface area contributed by atoms with Crippen LogP contribution in [0.15, 0.2) is 249 Å². The Bertz CT molecular complexity index is 3580. The van der Waals surface area contributed by atoms with E-state index in [1.807, 2.05) is 0 Å². The first-order valence-electron chi connectivity index (χ1n) is 23.0. The van der Waals surface area contributed by atoms with E-state index in [-0.39, 0.29) is 5.41 Å². The maximum atomic E-state index is 2.51. The molecule has 1 nitrogen and oxygen atoms in total. The Morgan fingerprint density at radius 1 is 0.288 bits per heavy atom. The molecule has 0 aliphatic heterocycles. The third-order valence-corrected chi connectivity index (χ3v) is 13.9. The van der Waals surface area contributed by atoms with Crippen molar-refractivity contribution in [3.05, 3.63) is 260 Å². The molecule has 0 atom stereocenters. The predicted octanol–water partition coefficient (Wildman–Crippen LogP) is 18.1. The summed E-state index contributed by atoms with van der Waals surface area (Å²) in [5.74, 6) is 0. The lowest BCUT2D eigenvalue weighted by atomic mass is 9.82. The Morgan fingerprint density at radius 3 is 1.50 bits per heavy atom. The first-order valence-corrected chi connectivity index (χ1v) is 23.0. The molecule has 0 heterocycles. The maximum Gasteiger partial charge on any atom is 0.0546 e. The fourth-order valence-electron chi connectivity index (χ4n) is 10.6. The van der Waals surface area contributed by atoms with E-state index in [1.54, 1.807) is 0 Å². The molecule has 0 saturated carbocycles. The normalized spacial score (nSPS) is 12.5. The third kappa shape index (κ3) is 6.63. The van der Waals surface area contributed by atoms with E-state index in [4.69, 9.17) is 0 Å². The van der Waals surface area contributed by atoms with E-state index in [2.05, 4.69) is 267 Å². The number of nitrogens with zero attached hydrogens (tertiary/aromatic N) is 1. The summed E-state index contributed by atoms with van der Waals surface area (Å²) in [6, 6.07) is 91.6. The average molecular weight is 842 g/mol. The van der Waals surface area contributed by atoms with Gasteiger partial charge >= 0.3 is 0 Å². The van der Waals surface area contributed by atoms with Crippen molar-refractivity contribution in [3.8, 4) is 66.8 Å². The average Bonchev–Trinajstić information content (AvgIpc) is 3.62. The Labute approximate surface area is 387 Å². The van der Waals surface area contributed by atoms with Gasteiger partial charge in [0.05, 0.1) is 5.69 Å². The van der Waals surface area contributed by atoms with E-state index >= 15 is 0 Å². The van der Waals surface area contributed by atoms with Crippen molar-refractivity contribution in [1.29, 1.82) is 0 Å². The molecule has 1 aliphatic carbocycles. The number of hydrogen-bond donors (Lipinski definition) is 0. The van der Waals surface area contributed by atoms with Gasteiger partial charge in [-0.05, 0) is 130 Å². The van der Waals surface area contributed by atoms with Gasteiger partial charge in [0.2, 0.25) is 0 Å². The van der Waals surface area contributed by atoms with Gasteiger partial charge in [0, 0.05) is 22.4 Å². The first-order chi connectivity index (χ1) is 32.5. The summed E-state index contributed by atoms with van der Waals surface area (Å²) in [6.07, 6.45) is 0. The molecule has 11 aromatic carbocycles. The Balaban J connectivity index is 1.12. The zero-order chi connectivity index (χ0) is 44.2. The van der Waals surface area contributed by atoms with Crippen LogP contribution in [0.25, 0.3) is 88.3 Å². The van der Waals surface area contributed by atoms with Crippen molar-refractivity contribution in [3.63, 3.8) is 0 Å². The van der Waals surface area contributed by atoms with E-state index in [1.165, 1.54) is 99.4 Å². The third-order valence-electron chi connectivity index (χ3n) is 13.9. The monoisotopic (exact) mass is 841 g/mol. The topological polar surface area (TPSA) is 3.24 Å². The summed E-state index contributed by atoms with van der Waals surface area (Å²) in [7, 11) is 0. The van der Waals surface area contributed by atoms with Crippen LogP contribution in [0.3, 0.4) is 0 Å². The molecule has 0 aromatic heterocycles. The largest absolute Gasteiger partial charge is 0.310 e. The molecule has 0 saturated heterocycles. The molecule has 12 rings (SSSR count). The molecule has 0 radical (unpaired) electrons. The molecule has 0 unspecified atom stereocenters. The summed E-state index contributed by atoms with van der Waals surface area (Å²) < 4.78 is 0. The minimum atomic E-state index is -0.168. The smallest absolute Gasteiger partial charge is 0.0546 e. The van der Waals surface area contributed by atoms with Crippen molar-refractivity contribution in [2.24, 2.45) is 0 Å². The van der Waals surface area contributed by atoms with Crippen molar-refractivity contribution in [2.45, 2.75) is 19.3 Å². The fourth-order valence-corrected chi connectivity index (χ4v) is 10.6. The zero-order valence-corrected chi connectivity index (χ0v) is 37.1. The molecule has 0 N–H and O–H groups in total. The van der Waals surface area contributed by atoms with Gasteiger partial charge in [-0.25, -0.2) is 0 Å². The molecule has 66 heavy (non-hydrogen) atoms. The van der Waals surface area contributed by atoms with E-state index in [0.717, 1.165) is 17.1 Å². The molecular weight excluding hydrogens is 795 g/mol. The van der Waals surface area contributed by atoms with Gasteiger partial charge in [0.1, 0.15) is 0 Å². The van der Waals surface area contributed by atoms with Gasteiger partial charge in [0.25, 0.3) is 0 Å². The number of hydrogen-bond acceptors (Lipinski definition) is 1. The zero-order valence-electron chi connectivity index (χ0n) is 37.1. The molecule has 312 valence electrons. The van der Waals surface area contributed by atoms with Gasteiger partial charge in [-0.1, -0.05) is 226 Å². The van der Waals surface area contributed by atoms with Crippen molar-refractivity contribution >= 4 is 38.6 Å². The van der Waals surface area contributed by atoms with Crippen molar-refractivity contribution in [2.75, 3.05) is 4.90 Å². The fraction of sp³-hybridized carbons (Fsp3) is 0.0462. The SMILES string of the molecule is CC1(C)c2ccccc2-c2ccc(N(c3ccc(-c4ccccc4-c4ccccc4)cc3)c3cccc(-c4ccc(-c5ccccc5)cc4)c3-c3cc4ccccc4c4ccccc34)cc21. The number of fused-ring (bicyclic) bond motifs is 6. The van der Waals surface area contributed by atoms with Crippen LogP contribution in [0.1, 0.15) is 25.0 Å². The minimum absolute atomic E-state index is 0.168. The molecule has 0 bridgehead atoms. The molecule has 11 aromatic rings. The van der Waals surface area contributed by atoms with Crippen LogP contribution >= 0.6 is 0 Å². The lowest BCUT2D eigenvalue weighted by Gasteiger charge is -2.31. The highest BCUT2D eigenvalue weighted by atomic mass is 15.1. The lowest BCUT2D eigenvalue weighted by Crippen LogP contribution is -2.17. The molecule has 1 aliphatic rings. The predicted molar refractivity (Wildman–Crippen MR) is 281 cm³/mol. The summed E-state index contributed by atoms with van der Waals surface area (Å²) >= 11 is 0. The summed E-state index contributed by atoms with van der Waals surface area (Å²) in [5.41, 5.74) is 20.5. The van der Waals surface area contributed by atoms with E-state index in [9.17, 15) is 0 Å². The second-order valence-electron chi connectivity index (χ2n) is 18.0. The van der Waals surface area contributed by atoms with Gasteiger partial charge in [-0.15, -0.1) is 0 Å². The van der Waals surface area contributed by atoms with Crippen LogP contribution in [-0.4, -0.2) is 0 Å². The molecule has 0 spiro atoms. The van der Waals surface area contributed by atoms with Gasteiger partial charge < -0.3 is 4.90 Å². The highest BCUT2D eigenvalue weighted by Gasteiger charge is 2.36. The number of rotatable bonds is 8. The Hall–Kier alpha value is -8.26. The van der Waals surface area contributed by atoms with Crippen LogP contribution in [0.4, 0.5) is 17.1 Å². The second kappa shape index (κ2) is 16.1. The lowest BCUT2D eigenvalue weighted by molar-refractivity contribution is 0.660. The van der Waals surface area contributed by atoms with E-state index in [0.29, 0.717) is 0 Å². The molecule has 1 heteroatoms. The molecule has 0 amide bonds. The first kappa shape index (κ1) is 39.3.